The zero-order valence-corrected chi connectivity index (χ0v) is 11.5. The minimum Gasteiger partial charge on any atom is -0.392 e. The van der Waals surface area contributed by atoms with Gasteiger partial charge in [0.05, 0.1) is 11.7 Å². The lowest BCUT2D eigenvalue weighted by Gasteiger charge is -2.19. The third-order valence-electron chi connectivity index (χ3n) is 2.55. The van der Waals surface area contributed by atoms with E-state index in [1.165, 1.54) is 24.2 Å². The van der Waals surface area contributed by atoms with Crippen molar-refractivity contribution in [2.45, 2.75) is 26.4 Å². The number of hydrogen-bond acceptors (Lipinski definition) is 4. The van der Waals surface area contributed by atoms with Gasteiger partial charge in [0.2, 0.25) is 0 Å². The molecule has 1 amide bonds. The van der Waals surface area contributed by atoms with Crippen LogP contribution < -0.4 is 5.32 Å². The topological polar surface area (TPSA) is 65.5 Å². The van der Waals surface area contributed by atoms with E-state index < -0.39 is 17.8 Å². The van der Waals surface area contributed by atoms with E-state index in [1.807, 2.05) is 6.92 Å². The average molecular weight is 269 g/mol. The molecule has 0 radical (unpaired) electrons. The Hall–Kier alpha value is -1.69. The number of aliphatic hydroxyl groups excluding tert-OH is 1. The van der Waals surface area contributed by atoms with Crippen molar-refractivity contribution >= 4 is 11.7 Å². The predicted octanol–water partition coefficient (Wildman–Crippen LogP) is 1.50. The van der Waals surface area contributed by atoms with Gasteiger partial charge in [0.1, 0.15) is 0 Å². The predicted molar refractivity (Wildman–Crippen MR) is 71.6 cm³/mol. The fraction of sp³-hybridized carbons (Fsp3) is 0.538. The number of aliphatic hydroxyl groups is 1. The molecule has 106 valence electrons. The number of rotatable bonds is 6. The molecule has 1 atom stereocenters. The van der Waals surface area contributed by atoms with Gasteiger partial charge in [0.25, 0.3) is 5.91 Å². The molecule has 0 aliphatic carbocycles. The summed E-state index contributed by atoms with van der Waals surface area (Å²) in [5.74, 6) is -1.04. The maximum atomic E-state index is 14.1. The first-order valence-electron chi connectivity index (χ1n) is 6.29. The van der Waals surface area contributed by atoms with E-state index in [1.54, 1.807) is 6.92 Å². The molecule has 2 N–H and O–H groups in total. The second-order valence-electron chi connectivity index (χ2n) is 4.48. The summed E-state index contributed by atoms with van der Waals surface area (Å²) in [6.07, 6.45) is 1.57. The minimum atomic E-state index is -0.656. The van der Waals surface area contributed by atoms with Gasteiger partial charge in [-0.1, -0.05) is 6.92 Å². The first-order chi connectivity index (χ1) is 8.97. The summed E-state index contributed by atoms with van der Waals surface area (Å²) >= 11 is 0. The van der Waals surface area contributed by atoms with Gasteiger partial charge in [0.15, 0.2) is 11.6 Å². The van der Waals surface area contributed by atoms with Gasteiger partial charge in [-0.05, 0) is 19.4 Å². The van der Waals surface area contributed by atoms with E-state index in [-0.39, 0.29) is 17.9 Å². The Bertz CT molecular complexity index is 438. The molecule has 0 aromatic carbocycles. The molecule has 0 saturated carbocycles. The summed E-state index contributed by atoms with van der Waals surface area (Å²) in [6.45, 7) is 4.26. The number of amides is 1. The van der Waals surface area contributed by atoms with Crippen molar-refractivity contribution in [2.24, 2.45) is 0 Å². The quantitative estimate of drug-likeness (QED) is 0.821. The Morgan fingerprint density at radius 1 is 1.63 bits per heavy atom. The van der Waals surface area contributed by atoms with E-state index in [9.17, 15) is 14.3 Å². The van der Waals surface area contributed by atoms with Gasteiger partial charge >= 0.3 is 0 Å². The second kappa shape index (κ2) is 7.04. The molecule has 1 heterocycles. The molecule has 5 nitrogen and oxygen atoms in total. The highest BCUT2D eigenvalue weighted by Crippen LogP contribution is 2.16. The van der Waals surface area contributed by atoms with Crippen LogP contribution in [0.15, 0.2) is 12.3 Å². The van der Waals surface area contributed by atoms with Gasteiger partial charge < -0.3 is 15.3 Å². The lowest BCUT2D eigenvalue weighted by molar-refractivity contribution is 0.0699. The normalized spacial score (nSPS) is 12.1. The van der Waals surface area contributed by atoms with Crippen molar-refractivity contribution in [3.05, 3.63) is 23.6 Å². The average Bonchev–Trinajstić information content (AvgIpc) is 2.36. The third-order valence-corrected chi connectivity index (χ3v) is 2.55. The van der Waals surface area contributed by atoms with Crippen LogP contribution in [0.3, 0.4) is 0 Å². The van der Waals surface area contributed by atoms with Crippen molar-refractivity contribution in [3.8, 4) is 0 Å². The highest BCUT2D eigenvalue weighted by Gasteiger charge is 2.19. The van der Waals surface area contributed by atoms with Gasteiger partial charge in [-0.25, -0.2) is 9.37 Å². The number of nitrogens with zero attached hydrogens (tertiary/aromatic N) is 2. The lowest BCUT2D eigenvalue weighted by Crippen LogP contribution is -2.33. The zero-order chi connectivity index (χ0) is 14.4. The molecule has 6 heteroatoms. The first-order valence-corrected chi connectivity index (χ1v) is 6.29. The molecule has 0 aliphatic rings. The molecule has 19 heavy (non-hydrogen) atoms. The van der Waals surface area contributed by atoms with E-state index >= 15 is 0 Å². The van der Waals surface area contributed by atoms with Crippen molar-refractivity contribution in [3.63, 3.8) is 0 Å². The minimum absolute atomic E-state index is 0.0447. The number of halogens is 1. The van der Waals surface area contributed by atoms with Gasteiger partial charge in [-0.15, -0.1) is 0 Å². The maximum absolute atomic E-state index is 14.1. The van der Waals surface area contributed by atoms with Gasteiger partial charge in [-0.3, -0.25) is 4.79 Å². The molecule has 0 spiro atoms. The maximum Gasteiger partial charge on any atom is 0.256 e. The van der Waals surface area contributed by atoms with Gasteiger partial charge in [-0.2, -0.15) is 0 Å². The molecule has 0 aliphatic heterocycles. The summed E-state index contributed by atoms with van der Waals surface area (Å²) in [4.78, 5) is 17.2. The molecule has 1 unspecified atom stereocenters. The number of anilines is 1. The summed E-state index contributed by atoms with van der Waals surface area (Å²) < 4.78 is 14.1. The smallest absolute Gasteiger partial charge is 0.256 e. The number of carbonyl (C=O) groups excluding carboxylic acids is 1. The van der Waals surface area contributed by atoms with Crippen molar-refractivity contribution in [1.29, 1.82) is 0 Å². The molecule has 0 fully saturated rings. The number of pyridine rings is 1. The highest BCUT2D eigenvalue weighted by atomic mass is 19.1. The van der Waals surface area contributed by atoms with E-state index in [0.29, 0.717) is 6.54 Å². The first kappa shape index (κ1) is 15.4. The van der Waals surface area contributed by atoms with Crippen LogP contribution >= 0.6 is 0 Å². The Kier molecular flexibility index (Phi) is 5.69. The largest absolute Gasteiger partial charge is 0.392 e. The Labute approximate surface area is 112 Å². The SMILES string of the molecule is CCCNc1nccc(C(=O)N(C)CC(C)O)c1F. The van der Waals surface area contributed by atoms with Crippen LogP contribution in [0.5, 0.6) is 0 Å². The molecule has 0 bridgehead atoms. The van der Waals surface area contributed by atoms with Crippen LogP contribution in [0.4, 0.5) is 10.2 Å². The van der Waals surface area contributed by atoms with Crippen LogP contribution in [0.2, 0.25) is 0 Å². The molecular formula is C13H20FN3O2. The van der Waals surface area contributed by atoms with E-state index in [2.05, 4.69) is 10.3 Å². The number of carbonyl (C=O) groups is 1. The number of nitrogens with one attached hydrogen (secondary N) is 1. The van der Waals surface area contributed by atoms with Crippen molar-refractivity contribution in [1.82, 2.24) is 9.88 Å². The Morgan fingerprint density at radius 3 is 2.89 bits per heavy atom. The number of likely N-dealkylation sites (N-methyl/N-ethyl adjacent to an activating group) is 1. The summed E-state index contributed by atoms with van der Waals surface area (Å²) in [5, 5.41) is 12.1. The number of aromatic nitrogens is 1. The molecular weight excluding hydrogens is 249 g/mol. The van der Waals surface area contributed by atoms with E-state index in [0.717, 1.165) is 6.42 Å². The van der Waals surface area contributed by atoms with Crippen LogP contribution in [0.25, 0.3) is 0 Å². The summed E-state index contributed by atoms with van der Waals surface area (Å²) in [5.41, 5.74) is -0.0447. The second-order valence-corrected chi connectivity index (χ2v) is 4.48. The summed E-state index contributed by atoms with van der Waals surface area (Å²) in [6, 6.07) is 1.34. The van der Waals surface area contributed by atoms with Crippen LogP contribution in [-0.2, 0) is 0 Å². The highest BCUT2D eigenvalue weighted by molar-refractivity contribution is 5.95. The van der Waals surface area contributed by atoms with Crippen LogP contribution in [0, 0.1) is 5.82 Å². The third kappa shape index (κ3) is 4.17. The number of hydrogen-bond donors (Lipinski definition) is 2. The van der Waals surface area contributed by atoms with Crippen LogP contribution in [-0.4, -0.2) is 47.1 Å². The summed E-state index contributed by atoms with van der Waals surface area (Å²) in [7, 11) is 1.52. The zero-order valence-electron chi connectivity index (χ0n) is 11.5. The Balaban J connectivity index is 2.91. The molecule has 1 aromatic heterocycles. The molecule has 1 rings (SSSR count). The fourth-order valence-electron chi connectivity index (χ4n) is 1.66. The Morgan fingerprint density at radius 2 is 2.32 bits per heavy atom. The monoisotopic (exact) mass is 269 g/mol. The van der Waals surface area contributed by atoms with Crippen LogP contribution in [0.1, 0.15) is 30.6 Å². The van der Waals surface area contributed by atoms with Crippen molar-refractivity contribution < 1.29 is 14.3 Å². The molecule has 1 aromatic rings. The fourth-order valence-corrected chi connectivity index (χ4v) is 1.66. The molecule has 0 saturated heterocycles. The van der Waals surface area contributed by atoms with Gasteiger partial charge in [0, 0.05) is 26.3 Å². The standard InChI is InChI=1S/C13H20FN3O2/c1-4-6-15-12-11(14)10(5-7-16-12)13(19)17(3)8-9(2)18/h5,7,9,18H,4,6,8H2,1-3H3,(H,15,16). The lowest BCUT2D eigenvalue weighted by atomic mass is 10.2. The van der Waals surface area contributed by atoms with Crippen molar-refractivity contribution in [2.75, 3.05) is 25.5 Å². The van der Waals surface area contributed by atoms with E-state index in [4.69, 9.17) is 0 Å².